The van der Waals surface area contributed by atoms with Crippen molar-refractivity contribution < 1.29 is 9.21 Å². The van der Waals surface area contributed by atoms with E-state index in [4.69, 9.17) is 4.42 Å². The van der Waals surface area contributed by atoms with E-state index in [1.54, 1.807) is 4.90 Å². The fourth-order valence-electron chi connectivity index (χ4n) is 2.52. The third-order valence-corrected chi connectivity index (χ3v) is 3.72. The zero-order valence-corrected chi connectivity index (χ0v) is 10.9. The van der Waals surface area contributed by atoms with Gasteiger partial charge in [-0.05, 0) is 38.1 Å². The third kappa shape index (κ3) is 2.33. The molecule has 1 aromatic heterocycles. The van der Waals surface area contributed by atoms with Crippen LogP contribution in [0.1, 0.15) is 12.8 Å². The molecule has 0 atom stereocenters. The van der Waals surface area contributed by atoms with E-state index in [2.05, 4.69) is 10.3 Å². The topological polar surface area (TPSA) is 58.4 Å². The lowest BCUT2D eigenvalue weighted by Gasteiger charge is -2.26. The van der Waals surface area contributed by atoms with Crippen molar-refractivity contribution >= 4 is 22.7 Å². The molecule has 1 fully saturated rings. The van der Waals surface area contributed by atoms with Gasteiger partial charge in [-0.25, -0.2) is 4.98 Å². The molecule has 1 aliphatic heterocycles. The van der Waals surface area contributed by atoms with Crippen molar-refractivity contribution in [1.82, 2.24) is 10.3 Å². The molecule has 0 saturated carbocycles. The van der Waals surface area contributed by atoms with Crippen molar-refractivity contribution in [3.05, 3.63) is 24.6 Å². The van der Waals surface area contributed by atoms with E-state index < -0.39 is 0 Å². The van der Waals surface area contributed by atoms with Gasteiger partial charge in [0.1, 0.15) is 5.52 Å². The molecule has 1 aromatic carbocycles. The normalized spacial score (nSPS) is 16.7. The van der Waals surface area contributed by atoms with E-state index in [1.165, 1.54) is 6.39 Å². The number of benzene rings is 1. The predicted molar refractivity (Wildman–Crippen MR) is 73.0 cm³/mol. The van der Waals surface area contributed by atoms with Gasteiger partial charge in [0.2, 0.25) is 5.91 Å². The number of nitrogens with one attached hydrogen (secondary N) is 1. The maximum Gasteiger partial charge on any atom is 0.229 e. The second kappa shape index (κ2) is 5.01. The Balaban J connectivity index is 1.81. The number of aromatic nitrogens is 1. The SMILES string of the molecule is CN(C(=O)C1CCNCC1)c1ccc2ncoc2c1. The van der Waals surface area contributed by atoms with Crippen LogP contribution < -0.4 is 10.2 Å². The number of carbonyl (C=O) groups is 1. The average Bonchev–Trinajstić information content (AvgIpc) is 2.94. The maximum atomic E-state index is 12.4. The molecule has 0 unspecified atom stereocenters. The minimum atomic E-state index is 0.122. The van der Waals surface area contributed by atoms with E-state index >= 15 is 0 Å². The Labute approximate surface area is 111 Å². The van der Waals surface area contributed by atoms with E-state index in [0.717, 1.165) is 37.1 Å². The lowest BCUT2D eigenvalue weighted by molar-refractivity contribution is -0.122. The summed E-state index contributed by atoms with van der Waals surface area (Å²) >= 11 is 0. The standard InChI is InChI=1S/C14H17N3O2/c1-17(14(18)10-4-6-15-7-5-10)11-2-3-12-13(8-11)19-9-16-12/h2-3,8-10,15H,4-7H2,1H3. The van der Waals surface area contributed by atoms with Crippen LogP contribution in [-0.2, 0) is 4.79 Å². The first-order valence-electron chi connectivity index (χ1n) is 6.57. The summed E-state index contributed by atoms with van der Waals surface area (Å²) in [4.78, 5) is 18.2. The molecule has 0 spiro atoms. The van der Waals surface area contributed by atoms with Crippen LogP contribution in [0.25, 0.3) is 11.1 Å². The average molecular weight is 259 g/mol. The second-order valence-electron chi connectivity index (χ2n) is 4.93. The highest BCUT2D eigenvalue weighted by atomic mass is 16.3. The first-order valence-corrected chi connectivity index (χ1v) is 6.57. The lowest BCUT2D eigenvalue weighted by Crippen LogP contribution is -2.39. The van der Waals surface area contributed by atoms with Crippen molar-refractivity contribution in [3.8, 4) is 0 Å². The van der Waals surface area contributed by atoms with Gasteiger partial charge in [-0.1, -0.05) is 0 Å². The second-order valence-corrected chi connectivity index (χ2v) is 4.93. The van der Waals surface area contributed by atoms with Gasteiger partial charge in [0, 0.05) is 24.7 Å². The van der Waals surface area contributed by atoms with Gasteiger partial charge in [0.25, 0.3) is 0 Å². The molecule has 0 radical (unpaired) electrons. The summed E-state index contributed by atoms with van der Waals surface area (Å²) in [5.41, 5.74) is 2.38. The largest absolute Gasteiger partial charge is 0.443 e. The molecule has 0 bridgehead atoms. The molecule has 1 saturated heterocycles. The smallest absolute Gasteiger partial charge is 0.229 e. The van der Waals surface area contributed by atoms with Crippen LogP contribution in [0.2, 0.25) is 0 Å². The van der Waals surface area contributed by atoms with Crippen molar-refractivity contribution in [3.63, 3.8) is 0 Å². The molecule has 1 amide bonds. The van der Waals surface area contributed by atoms with Crippen LogP contribution in [-0.4, -0.2) is 31.0 Å². The maximum absolute atomic E-state index is 12.4. The summed E-state index contributed by atoms with van der Waals surface area (Å²) in [7, 11) is 1.82. The summed E-state index contributed by atoms with van der Waals surface area (Å²) < 4.78 is 5.27. The van der Waals surface area contributed by atoms with Gasteiger partial charge in [-0.3, -0.25) is 4.79 Å². The number of nitrogens with zero attached hydrogens (tertiary/aromatic N) is 2. The number of oxazole rings is 1. The molecule has 1 N–H and O–H groups in total. The Bertz CT molecular complexity index is 587. The molecule has 1 aliphatic rings. The van der Waals surface area contributed by atoms with E-state index in [0.29, 0.717) is 5.58 Å². The van der Waals surface area contributed by atoms with Crippen molar-refractivity contribution in [1.29, 1.82) is 0 Å². The van der Waals surface area contributed by atoms with Crippen LogP contribution in [0.4, 0.5) is 5.69 Å². The Hall–Kier alpha value is -1.88. The predicted octanol–water partition coefficient (Wildman–Crippen LogP) is 1.79. The zero-order chi connectivity index (χ0) is 13.2. The Morgan fingerprint density at radius 3 is 3.00 bits per heavy atom. The number of carbonyl (C=O) groups excluding carboxylic acids is 1. The summed E-state index contributed by atoms with van der Waals surface area (Å²) in [6.45, 7) is 1.84. The number of amides is 1. The minimum Gasteiger partial charge on any atom is -0.443 e. The Morgan fingerprint density at radius 1 is 1.42 bits per heavy atom. The first-order chi connectivity index (χ1) is 9.25. The van der Waals surface area contributed by atoms with Gasteiger partial charge >= 0.3 is 0 Å². The summed E-state index contributed by atoms with van der Waals surface area (Å²) in [5.74, 6) is 0.303. The molecule has 2 aromatic rings. The van der Waals surface area contributed by atoms with Crippen molar-refractivity contribution in [2.45, 2.75) is 12.8 Å². The first kappa shape index (κ1) is 12.2. The highest BCUT2D eigenvalue weighted by Crippen LogP contribution is 2.23. The van der Waals surface area contributed by atoms with Gasteiger partial charge in [-0.2, -0.15) is 0 Å². The van der Waals surface area contributed by atoms with Crippen LogP contribution in [0.5, 0.6) is 0 Å². The monoisotopic (exact) mass is 259 g/mol. The van der Waals surface area contributed by atoms with Crippen LogP contribution >= 0.6 is 0 Å². The van der Waals surface area contributed by atoms with Gasteiger partial charge < -0.3 is 14.6 Å². The molecule has 5 nitrogen and oxygen atoms in total. The fraction of sp³-hybridized carbons (Fsp3) is 0.429. The van der Waals surface area contributed by atoms with Gasteiger partial charge in [0.15, 0.2) is 12.0 Å². The van der Waals surface area contributed by atoms with E-state index in [9.17, 15) is 4.79 Å². The number of piperidine rings is 1. The molecular weight excluding hydrogens is 242 g/mol. The number of anilines is 1. The number of hydrogen-bond donors (Lipinski definition) is 1. The van der Waals surface area contributed by atoms with Gasteiger partial charge in [-0.15, -0.1) is 0 Å². The minimum absolute atomic E-state index is 0.122. The summed E-state index contributed by atoms with van der Waals surface area (Å²) in [6.07, 6.45) is 3.24. The van der Waals surface area contributed by atoms with E-state index in [1.807, 2.05) is 25.2 Å². The molecule has 3 rings (SSSR count). The van der Waals surface area contributed by atoms with Crippen LogP contribution in [0.15, 0.2) is 29.0 Å². The Kier molecular flexibility index (Phi) is 3.21. The third-order valence-electron chi connectivity index (χ3n) is 3.72. The number of hydrogen-bond acceptors (Lipinski definition) is 4. The van der Waals surface area contributed by atoms with Crippen LogP contribution in [0, 0.1) is 5.92 Å². The molecule has 0 aliphatic carbocycles. The fourth-order valence-corrected chi connectivity index (χ4v) is 2.52. The number of fused-ring (bicyclic) bond motifs is 1. The van der Waals surface area contributed by atoms with Crippen molar-refractivity contribution in [2.75, 3.05) is 25.0 Å². The van der Waals surface area contributed by atoms with Gasteiger partial charge in [0.05, 0.1) is 0 Å². The highest BCUT2D eigenvalue weighted by molar-refractivity contribution is 5.96. The summed E-state index contributed by atoms with van der Waals surface area (Å²) in [5, 5.41) is 3.27. The highest BCUT2D eigenvalue weighted by Gasteiger charge is 2.24. The molecule has 19 heavy (non-hydrogen) atoms. The molecular formula is C14H17N3O2. The summed E-state index contributed by atoms with van der Waals surface area (Å²) in [6, 6.07) is 5.64. The molecule has 5 heteroatoms. The van der Waals surface area contributed by atoms with Crippen LogP contribution in [0.3, 0.4) is 0 Å². The van der Waals surface area contributed by atoms with E-state index in [-0.39, 0.29) is 11.8 Å². The lowest BCUT2D eigenvalue weighted by atomic mass is 9.96. The number of rotatable bonds is 2. The quantitative estimate of drug-likeness (QED) is 0.893. The molecule has 2 heterocycles. The van der Waals surface area contributed by atoms with Crippen molar-refractivity contribution in [2.24, 2.45) is 5.92 Å². The Morgan fingerprint density at radius 2 is 2.21 bits per heavy atom. The molecule has 100 valence electrons. The zero-order valence-electron chi connectivity index (χ0n) is 10.9.